The van der Waals surface area contributed by atoms with Crippen LogP contribution in [0, 0.1) is 13.8 Å². The predicted molar refractivity (Wildman–Crippen MR) is 86.6 cm³/mol. The van der Waals surface area contributed by atoms with Crippen molar-refractivity contribution >= 4 is 17.3 Å². The van der Waals surface area contributed by atoms with Gasteiger partial charge in [-0.2, -0.15) is 4.98 Å². The van der Waals surface area contributed by atoms with Crippen LogP contribution < -0.4 is 11.0 Å². The summed E-state index contributed by atoms with van der Waals surface area (Å²) in [5.41, 5.74) is 2.67. The molecule has 6 heteroatoms. The molecule has 112 valence electrons. The third-order valence-electron chi connectivity index (χ3n) is 3.45. The maximum atomic E-state index is 12.2. The zero-order valence-electron chi connectivity index (χ0n) is 12.6. The highest BCUT2D eigenvalue weighted by Crippen LogP contribution is 2.19. The summed E-state index contributed by atoms with van der Waals surface area (Å²) in [5.74, 6) is 1.04. The second kappa shape index (κ2) is 5.48. The summed E-state index contributed by atoms with van der Waals surface area (Å²) in [7, 11) is 0. The maximum absolute atomic E-state index is 12.2. The zero-order valence-corrected chi connectivity index (χ0v) is 12.6. The van der Waals surface area contributed by atoms with Crippen molar-refractivity contribution in [3.63, 3.8) is 0 Å². The normalized spacial score (nSPS) is 10.8. The van der Waals surface area contributed by atoms with Gasteiger partial charge >= 0.3 is 5.69 Å². The van der Waals surface area contributed by atoms with Crippen molar-refractivity contribution in [2.24, 2.45) is 0 Å². The van der Waals surface area contributed by atoms with Crippen molar-refractivity contribution in [1.82, 2.24) is 19.2 Å². The molecule has 0 fully saturated rings. The van der Waals surface area contributed by atoms with Crippen LogP contribution in [-0.2, 0) is 6.54 Å². The minimum atomic E-state index is -0.206. The largest absolute Gasteiger partial charge is 0.352 e. The molecule has 22 heavy (non-hydrogen) atoms. The number of benzene rings is 1. The highest BCUT2D eigenvalue weighted by atomic mass is 16.2. The van der Waals surface area contributed by atoms with Crippen molar-refractivity contribution in [1.29, 1.82) is 0 Å². The molecule has 3 rings (SSSR count). The number of anilines is 2. The van der Waals surface area contributed by atoms with Gasteiger partial charge in [-0.25, -0.2) is 13.9 Å². The van der Waals surface area contributed by atoms with E-state index < -0.39 is 0 Å². The van der Waals surface area contributed by atoms with E-state index in [-0.39, 0.29) is 5.69 Å². The lowest BCUT2D eigenvalue weighted by molar-refractivity contribution is 0.671. The van der Waals surface area contributed by atoms with E-state index in [2.05, 4.69) is 22.0 Å². The number of hydrogen-bond donors (Lipinski definition) is 1. The Bertz CT molecular complexity index is 907. The number of allylic oxidation sites excluding steroid dienone is 1. The lowest BCUT2D eigenvalue weighted by Crippen LogP contribution is -2.21. The number of aryl methyl sites for hydroxylation is 2. The van der Waals surface area contributed by atoms with E-state index in [4.69, 9.17) is 0 Å². The van der Waals surface area contributed by atoms with Crippen molar-refractivity contribution in [3.05, 3.63) is 64.7 Å². The number of rotatable bonds is 4. The van der Waals surface area contributed by atoms with Gasteiger partial charge in [-0.05, 0) is 25.5 Å². The quantitative estimate of drug-likeness (QED) is 0.751. The average molecular weight is 295 g/mol. The third-order valence-corrected chi connectivity index (χ3v) is 3.45. The van der Waals surface area contributed by atoms with Gasteiger partial charge in [0.25, 0.3) is 5.78 Å². The molecule has 3 aromatic rings. The molecule has 2 heterocycles. The van der Waals surface area contributed by atoms with Gasteiger partial charge in [0.15, 0.2) is 0 Å². The van der Waals surface area contributed by atoms with E-state index >= 15 is 0 Å². The summed E-state index contributed by atoms with van der Waals surface area (Å²) in [5, 5.41) is 7.50. The summed E-state index contributed by atoms with van der Waals surface area (Å²) in [6, 6.07) is 9.79. The van der Waals surface area contributed by atoms with E-state index in [1.165, 1.54) is 9.08 Å². The topological polar surface area (TPSA) is 64.2 Å². The van der Waals surface area contributed by atoms with Crippen molar-refractivity contribution < 1.29 is 0 Å². The molecule has 0 spiro atoms. The first-order valence-corrected chi connectivity index (χ1v) is 7.01. The number of hydrogen-bond acceptors (Lipinski definition) is 4. The molecule has 1 aromatic carbocycles. The van der Waals surface area contributed by atoms with Crippen LogP contribution in [0.25, 0.3) is 5.78 Å². The number of para-hydroxylation sites is 1. The van der Waals surface area contributed by atoms with Crippen LogP contribution in [-0.4, -0.2) is 19.2 Å². The molecule has 2 aromatic heterocycles. The smallest absolute Gasteiger partial charge is 0.340 e. The number of fused-ring (bicyclic) bond motifs is 1. The molecular weight excluding hydrogens is 278 g/mol. The zero-order chi connectivity index (χ0) is 15.7. The molecule has 0 radical (unpaired) electrons. The van der Waals surface area contributed by atoms with E-state index in [0.29, 0.717) is 18.1 Å². The van der Waals surface area contributed by atoms with E-state index in [9.17, 15) is 4.79 Å². The molecule has 0 unspecified atom stereocenters. The van der Waals surface area contributed by atoms with E-state index in [1.54, 1.807) is 6.08 Å². The van der Waals surface area contributed by atoms with Crippen LogP contribution in [0.1, 0.15) is 11.3 Å². The predicted octanol–water partition coefficient (Wildman–Crippen LogP) is 2.44. The van der Waals surface area contributed by atoms with Gasteiger partial charge in [0, 0.05) is 17.4 Å². The Morgan fingerprint density at radius 1 is 1.32 bits per heavy atom. The third kappa shape index (κ3) is 2.39. The van der Waals surface area contributed by atoms with Crippen LogP contribution >= 0.6 is 0 Å². The Morgan fingerprint density at radius 3 is 2.82 bits per heavy atom. The van der Waals surface area contributed by atoms with Crippen LogP contribution in [0.15, 0.2) is 47.8 Å². The Kier molecular flexibility index (Phi) is 3.50. The van der Waals surface area contributed by atoms with E-state index in [1.807, 2.05) is 44.2 Å². The number of nitrogens with one attached hydrogen (secondary N) is 1. The van der Waals surface area contributed by atoms with Gasteiger partial charge in [-0.3, -0.25) is 0 Å². The van der Waals surface area contributed by atoms with Gasteiger partial charge in [0.05, 0.1) is 6.54 Å². The minimum absolute atomic E-state index is 0.206. The van der Waals surface area contributed by atoms with Gasteiger partial charge in [0.2, 0.25) is 0 Å². The Labute approximate surface area is 127 Å². The summed E-state index contributed by atoms with van der Waals surface area (Å²) >= 11 is 0. The fourth-order valence-corrected chi connectivity index (χ4v) is 2.34. The molecule has 0 saturated heterocycles. The Hall–Kier alpha value is -2.89. The summed E-state index contributed by atoms with van der Waals surface area (Å²) in [4.78, 5) is 16.6. The Morgan fingerprint density at radius 2 is 2.09 bits per heavy atom. The van der Waals surface area contributed by atoms with Crippen molar-refractivity contribution in [2.75, 3.05) is 5.32 Å². The minimum Gasteiger partial charge on any atom is -0.340 e. The lowest BCUT2D eigenvalue weighted by atomic mass is 10.2. The average Bonchev–Trinajstić information content (AvgIpc) is 2.79. The monoisotopic (exact) mass is 295 g/mol. The van der Waals surface area contributed by atoms with Gasteiger partial charge in [-0.15, -0.1) is 11.7 Å². The summed E-state index contributed by atoms with van der Waals surface area (Å²) in [6.45, 7) is 7.88. The fourth-order valence-electron chi connectivity index (χ4n) is 2.34. The maximum Gasteiger partial charge on any atom is 0.352 e. The standard InChI is InChI=1S/C16H17N5O/c1-4-9-20-16(22)21-12(3)10-14(18-15(21)19-20)17-13-8-6-5-7-11(13)2/h4-8,10H,1,9H2,2-3H3,(H,17,18,19). The van der Waals surface area contributed by atoms with Gasteiger partial charge in [0.1, 0.15) is 5.82 Å². The first kappa shape index (κ1) is 14.1. The van der Waals surface area contributed by atoms with Gasteiger partial charge < -0.3 is 5.32 Å². The van der Waals surface area contributed by atoms with Crippen LogP contribution in [0.3, 0.4) is 0 Å². The van der Waals surface area contributed by atoms with Crippen LogP contribution in [0.2, 0.25) is 0 Å². The molecule has 0 aliphatic heterocycles. The highest BCUT2D eigenvalue weighted by Gasteiger charge is 2.11. The number of nitrogens with zero attached hydrogens (tertiary/aromatic N) is 4. The molecular formula is C16H17N5O. The summed E-state index contributed by atoms with van der Waals surface area (Å²) in [6.07, 6.45) is 1.63. The SMILES string of the molecule is C=CCn1nc2nc(Nc3ccccc3C)cc(C)n2c1=O. The first-order valence-electron chi connectivity index (χ1n) is 7.01. The number of aromatic nitrogens is 4. The molecule has 1 N–H and O–H groups in total. The van der Waals surface area contributed by atoms with E-state index in [0.717, 1.165) is 16.9 Å². The molecule has 0 bridgehead atoms. The first-order chi connectivity index (χ1) is 10.6. The molecule has 0 aliphatic rings. The fraction of sp³-hybridized carbons (Fsp3) is 0.188. The Balaban J connectivity index is 2.07. The van der Waals surface area contributed by atoms with Crippen LogP contribution in [0.4, 0.5) is 11.5 Å². The van der Waals surface area contributed by atoms with Crippen molar-refractivity contribution in [2.45, 2.75) is 20.4 Å². The molecule has 6 nitrogen and oxygen atoms in total. The van der Waals surface area contributed by atoms with Crippen LogP contribution in [0.5, 0.6) is 0 Å². The highest BCUT2D eigenvalue weighted by molar-refractivity contribution is 5.61. The summed E-state index contributed by atoms with van der Waals surface area (Å²) < 4.78 is 2.84. The molecule has 0 atom stereocenters. The second-order valence-corrected chi connectivity index (χ2v) is 5.11. The van der Waals surface area contributed by atoms with Gasteiger partial charge in [-0.1, -0.05) is 24.3 Å². The lowest BCUT2D eigenvalue weighted by Gasteiger charge is -2.09. The molecule has 0 aliphatic carbocycles. The van der Waals surface area contributed by atoms with Crippen molar-refractivity contribution in [3.8, 4) is 0 Å². The second-order valence-electron chi connectivity index (χ2n) is 5.11. The molecule has 0 saturated carbocycles. The molecule has 0 amide bonds.